The predicted octanol–water partition coefficient (Wildman–Crippen LogP) is 7.68. The van der Waals surface area contributed by atoms with Crippen LogP contribution in [0.15, 0.2) is 88.0 Å². The molecule has 0 unspecified atom stereocenters. The highest BCUT2D eigenvalue weighted by molar-refractivity contribution is 14.1. The molecule has 0 spiro atoms. The van der Waals surface area contributed by atoms with Gasteiger partial charge in [-0.15, -0.1) is 0 Å². The molecule has 0 fully saturated rings. The van der Waals surface area contributed by atoms with Crippen molar-refractivity contribution >= 4 is 79.7 Å². The van der Waals surface area contributed by atoms with Gasteiger partial charge in [-0.2, -0.15) is 0 Å². The second-order valence-electron chi connectivity index (χ2n) is 7.76. The van der Waals surface area contributed by atoms with E-state index < -0.39 is 5.97 Å². The Morgan fingerprint density at radius 2 is 1.81 bits per heavy atom. The van der Waals surface area contributed by atoms with Crippen LogP contribution in [0.2, 0.25) is 0 Å². The third-order valence-corrected chi connectivity index (χ3v) is 7.74. The summed E-state index contributed by atoms with van der Waals surface area (Å²) in [7, 11) is 1.59. The molecule has 0 aromatic heterocycles. The number of carbonyl (C=O) groups excluding carboxylic acids is 1. The summed E-state index contributed by atoms with van der Waals surface area (Å²) in [4.78, 5) is 17.7. The Bertz CT molecular complexity index is 1390. The van der Waals surface area contributed by atoms with Crippen molar-refractivity contribution in [3.8, 4) is 11.5 Å². The standard InChI is InChI=1S/C28H23I2NO5S/c1-3-35-28(33)24-25(32)23(37-27(24)31-20-7-5-4-6-8-20)15-18-13-21(30)26(22(14-18)34-2)36-16-17-9-11-19(29)12-10-17/h4-15,32H,3,16H2,1-2H3/b23-15-,31-27?. The van der Waals surface area contributed by atoms with E-state index in [1.807, 2.05) is 66.7 Å². The summed E-state index contributed by atoms with van der Waals surface area (Å²) in [5, 5.41) is 11.4. The largest absolute Gasteiger partial charge is 0.506 e. The number of esters is 1. The molecule has 6 nitrogen and oxygen atoms in total. The number of nitrogens with zero attached hydrogens (tertiary/aromatic N) is 1. The Morgan fingerprint density at radius 3 is 2.49 bits per heavy atom. The molecule has 0 radical (unpaired) electrons. The van der Waals surface area contributed by atoms with Crippen LogP contribution < -0.4 is 9.47 Å². The average Bonchev–Trinajstić information content (AvgIpc) is 3.19. The third kappa shape index (κ3) is 6.88. The van der Waals surface area contributed by atoms with Gasteiger partial charge in [0.05, 0.1) is 27.9 Å². The molecule has 1 N–H and O–H groups in total. The number of hydrogen-bond donors (Lipinski definition) is 1. The molecule has 0 atom stereocenters. The lowest BCUT2D eigenvalue weighted by molar-refractivity contribution is -0.138. The van der Waals surface area contributed by atoms with Crippen molar-refractivity contribution in [3.05, 3.63) is 101 Å². The van der Waals surface area contributed by atoms with Crippen molar-refractivity contribution in [2.45, 2.75) is 13.5 Å². The lowest BCUT2D eigenvalue weighted by Crippen LogP contribution is -2.12. The van der Waals surface area contributed by atoms with Crippen LogP contribution in [0.4, 0.5) is 5.69 Å². The van der Waals surface area contributed by atoms with Crippen LogP contribution in [0.1, 0.15) is 18.1 Å². The zero-order valence-electron chi connectivity index (χ0n) is 20.0. The summed E-state index contributed by atoms with van der Waals surface area (Å²) in [6.45, 7) is 2.32. The highest BCUT2D eigenvalue weighted by Crippen LogP contribution is 2.42. The van der Waals surface area contributed by atoms with Crippen molar-refractivity contribution in [1.82, 2.24) is 0 Å². The molecule has 1 aliphatic rings. The Labute approximate surface area is 247 Å². The molecule has 1 heterocycles. The topological polar surface area (TPSA) is 77.4 Å². The van der Waals surface area contributed by atoms with Crippen LogP contribution in [-0.2, 0) is 16.1 Å². The van der Waals surface area contributed by atoms with E-state index in [9.17, 15) is 9.90 Å². The minimum atomic E-state index is -0.614. The van der Waals surface area contributed by atoms with Gasteiger partial charge in [0, 0.05) is 3.57 Å². The number of rotatable bonds is 8. The summed E-state index contributed by atoms with van der Waals surface area (Å²) in [6.07, 6.45) is 1.79. The summed E-state index contributed by atoms with van der Waals surface area (Å²) < 4.78 is 18.9. The quantitative estimate of drug-likeness (QED) is 0.189. The summed E-state index contributed by atoms with van der Waals surface area (Å²) >= 11 is 5.69. The number of benzene rings is 3. The Morgan fingerprint density at radius 1 is 1.08 bits per heavy atom. The number of ether oxygens (including phenoxy) is 3. The molecule has 9 heteroatoms. The van der Waals surface area contributed by atoms with E-state index in [0.717, 1.165) is 18.3 Å². The Balaban J connectivity index is 1.65. The molecular weight excluding hydrogens is 716 g/mol. The number of para-hydroxylation sites is 1. The van der Waals surface area contributed by atoms with Crippen LogP contribution in [-0.4, -0.2) is 29.8 Å². The first-order valence-corrected chi connectivity index (χ1v) is 14.3. The van der Waals surface area contributed by atoms with Crippen LogP contribution >= 0.6 is 56.9 Å². The summed E-state index contributed by atoms with van der Waals surface area (Å²) in [6, 6.07) is 21.2. The zero-order valence-corrected chi connectivity index (χ0v) is 25.2. The minimum absolute atomic E-state index is 0.0566. The average molecular weight is 739 g/mol. The molecule has 3 aromatic carbocycles. The highest BCUT2D eigenvalue weighted by Gasteiger charge is 2.33. The summed E-state index contributed by atoms with van der Waals surface area (Å²) in [5.41, 5.74) is 2.56. The van der Waals surface area contributed by atoms with Crippen molar-refractivity contribution in [1.29, 1.82) is 0 Å². The van der Waals surface area contributed by atoms with E-state index in [1.165, 1.54) is 11.8 Å². The fourth-order valence-corrected chi connectivity index (χ4v) is 5.64. The van der Waals surface area contributed by atoms with E-state index in [-0.39, 0.29) is 17.9 Å². The number of halogens is 2. The van der Waals surface area contributed by atoms with Crippen molar-refractivity contribution in [2.75, 3.05) is 13.7 Å². The first-order chi connectivity index (χ1) is 17.9. The number of aliphatic hydroxyl groups is 1. The second kappa shape index (κ2) is 12.8. The Hall–Kier alpha value is -2.51. The maximum Gasteiger partial charge on any atom is 0.344 e. The van der Waals surface area contributed by atoms with E-state index in [0.29, 0.717) is 33.7 Å². The predicted molar refractivity (Wildman–Crippen MR) is 165 cm³/mol. The van der Waals surface area contributed by atoms with Gasteiger partial charge in [-0.25, -0.2) is 9.79 Å². The molecule has 0 saturated heterocycles. The molecule has 4 rings (SSSR count). The third-order valence-electron chi connectivity index (χ3n) is 5.20. The molecule has 0 aliphatic carbocycles. The molecule has 37 heavy (non-hydrogen) atoms. The van der Waals surface area contributed by atoms with Crippen LogP contribution in [0.3, 0.4) is 0 Å². The zero-order chi connectivity index (χ0) is 26.4. The molecular formula is C28H23I2NO5S. The van der Waals surface area contributed by atoms with Gasteiger partial charge < -0.3 is 19.3 Å². The monoisotopic (exact) mass is 739 g/mol. The van der Waals surface area contributed by atoms with Crippen molar-refractivity contribution in [2.24, 2.45) is 4.99 Å². The molecule has 1 aliphatic heterocycles. The van der Waals surface area contributed by atoms with Gasteiger partial charge in [-0.1, -0.05) is 42.1 Å². The molecule has 0 saturated carbocycles. The number of carbonyl (C=O) groups is 1. The first kappa shape index (κ1) is 27.5. The number of hydrogen-bond acceptors (Lipinski definition) is 7. The van der Waals surface area contributed by atoms with Crippen LogP contribution in [0.5, 0.6) is 11.5 Å². The minimum Gasteiger partial charge on any atom is -0.506 e. The number of aliphatic imine (C=N–C) groups is 1. The lowest BCUT2D eigenvalue weighted by atomic mass is 10.1. The van der Waals surface area contributed by atoms with Gasteiger partial charge >= 0.3 is 5.97 Å². The number of methoxy groups -OCH3 is 1. The van der Waals surface area contributed by atoms with E-state index >= 15 is 0 Å². The fraction of sp³-hybridized carbons (Fsp3) is 0.143. The summed E-state index contributed by atoms with van der Waals surface area (Å²) in [5.74, 6) is 0.434. The molecule has 0 amide bonds. The van der Waals surface area contributed by atoms with Gasteiger partial charge in [-0.3, -0.25) is 0 Å². The van der Waals surface area contributed by atoms with Gasteiger partial charge in [0.25, 0.3) is 0 Å². The van der Waals surface area contributed by atoms with Gasteiger partial charge in [0.2, 0.25) is 0 Å². The van der Waals surface area contributed by atoms with Gasteiger partial charge in [-0.05, 0) is 106 Å². The maximum atomic E-state index is 12.7. The van der Waals surface area contributed by atoms with Crippen molar-refractivity contribution in [3.63, 3.8) is 0 Å². The van der Waals surface area contributed by atoms with Gasteiger partial charge in [0.15, 0.2) is 11.5 Å². The number of aliphatic hydroxyl groups excluding tert-OH is 1. The molecule has 3 aromatic rings. The maximum absolute atomic E-state index is 12.7. The highest BCUT2D eigenvalue weighted by atomic mass is 127. The normalized spacial score (nSPS) is 15.4. The fourth-order valence-electron chi connectivity index (χ4n) is 3.46. The lowest BCUT2D eigenvalue weighted by Gasteiger charge is -2.14. The molecule has 190 valence electrons. The molecule has 0 bridgehead atoms. The smallest absolute Gasteiger partial charge is 0.344 e. The second-order valence-corrected chi connectivity index (χ2v) is 11.2. The van der Waals surface area contributed by atoms with Crippen LogP contribution in [0.25, 0.3) is 6.08 Å². The van der Waals surface area contributed by atoms with Crippen molar-refractivity contribution < 1.29 is 24.1 Å². The van der Waals surface area contributed by atoms with E-state index in [1.54, 1.807) is 20.1 Å². The first-order valence-electron chi connectivity index (χ1n) is 11.3. The van der Waals surface area contributed by atoms with E-state index in [4.69, 9.17) is 14.2 Å². The number of thioether (sulfide) groups is 1. The Kier molecular flexibility index (Phi) is 9.54. The van der Waals surface area contributed by atoms with Gasteiger partial charge in [0.1, 0.15) is 23.0 Å². The SMILES string of the molecule is CCOC(=O)C1=C(O)/C(=C/c2cc(I)c(OCc3ccc(I)cc3)c(OC)c2)SC1=Nc1ccccc1. The van der Waals surface area contributed by atoms with Crippen LogP contribution in [0, 0.1) is 7.14 Å². The van der Waals surface area contributed by atoms with E-state index in [2.05, 4.69) is 50.2 Å².